The Morgan fingerprint density at radius 3 is 2.55 bits per heavy atom. The Kier molecular flexibility index (Phi) is 7.30. The summed E-state index contributed by atoms with van der Waals surface area (Å²) in [6.07, 6.45) is -0.695. The molecule has 1 aliphatic heterocycles. The molecule has 0 aromatic heterocycles. The van der Waals surface area contributed by atoms with Crippen molar-refractivity contribution in [2.45, 2.75) is 13.0 Å². The van der Waals surface area contributed by atoms with Crippen LogP contribution in [0.1, 0.15) is 18.6 Å². The molecule has 0 bridgehead atoms. The summed E-state index contributed by atoms with van der Waals surface area (Å²) in [6.45, 7) is 6.32. The number of aliphatic hydroxyl groups is 1. The largest absolute Gasteiger partial charge is 0.497 e. The summed E-state index contributed by atoms with van der Waals surface area (Å²) in [7, 11) is 1.61. The molecule has 0 aliphatic carbocycles. The van der Waals surface area contributed by atoms with E-state index < -0.39 is 6.10 Å². The maximum absolute atomic E-state index is 13.1. The van der Waals surface area contributed by atoms with Crippen LogP contribution in [0.3, 0.4) is 0 Å². The van der Waals surface area contributed by atoms with E-state index in [2.05, 4.69) is 20.1 Å². The molecular weight excluding hydrogens is 371 g/mol. The Labute approximate surface area is 171 Å². The zero-order valence-corrected chi connectivity index (χ0v) is 17.0. The quantitative estimate of drug-likeness (QED) is 0.577. The van der Waals surface area contributed by atoms with Crippen LogP contribution >= 0.6 is 0 Å². The molecule has 0 radical (unpaired) electrons. The predicted molar refractivity (Wildman–Crippen MR) is 114 cm³/mol. The molecule has 156 valence electrons. The predicted octanol–water partition coefficient (Wildman–Crippen LogP) is 2.66. The SMILES string of the molecule is CCNC(=NCC(O)c1cccc(OC)c1)N1CCN(c2ccc(F)cc2)CC1. The summed E-state index contributed by atoms with van der Waals surface area (Å²) in [5.74, 6) is 1.30. The van der Waals surface area contributed by atoms with Crippen molar-refractivity contribution in [2.75, 3.05) is 51.3 Å². The van der Waals surface area contributed by atoms with Gasteiger partial charge in [-0.1, -0.05) is 12.1 Å². The lowest BCUT2D eigenvalue weighted by Gasteiger charge is -2.37. The van der Waals surface area contributed by atoms with E-state index >= 15 is 0 Å². The van der Waals surface area contributed by atoms with E-state index in [1.807, 2.05) is 43.3 Å². The third-order valence-corrected chi connectivity index (χ3v) is 5.00. The number of hydrogen-bond donors (Lipinski definition) is 2. The van der Waals surface area contributed by atoms with Crippen LogP contribution in [-0.2, 0) is 0 Å². The minimum Gasteiger partial charge on any atom is -0.497 e. The van der Waals surface area contributed by atoms with Gasteiger partial charge in [0.05, 0.1) is 19.8 Å². The first-order chi connectivity index (χ1) is 14.1. The van der Waals surface area contributed by atoms with Crippen LogP contribution in [0.2, 0.25) is 0 Å². The zero-order valence-electron chi connectivity index (χ0n) is 17.0. The number of rotatable bonds is 6. The van der Waals surface area contributed by atoms with E-state index in [0.29, 0.717) is 5.75 Å². The number of nitrogens with one attached hydrogen (secondary N) is 1. The van der Waals surface area contributed by atoms with Gasteiger partial charge in [-0.05, 0) is 48.9 Å². The van der Waals surface area contributed by atoms with Crippen molar-refractivity contribution in [1.82, 2.24) is 10.2 Å². The molecule has 6 nitrogen and oxygen atoms in total. The third kappa shape index (κ3) is 5.60. The number of anilines is 1. The highest BCUT2D eigenvalue weighted by Gasteiger charge is 2.20. The second-order valence-corrected chi connectivity index (χ2v) is 6.94. The van der Waals surface area contributed by atoms with Gasteiger partial charge in [-0.15, -0.1) is 0 Å². The minimum absolute atomic E-state index is 0.219. The molecule has 0 amide bonds. The van der Waals surface area contributed by atoms with E-state index in [9.17, 15) is 9.50 Å². The van der Waals surface area contributed by atoms with E-state index in [4.69, 9.17) is 4.74 Å². The van der Waals surface area contributed by atoms with Crippen LogP contribution in [0.5, 0.6) is 5.75 Å². The van der Waals surface area contributed by atoms with Gasteiger partial charge in [-0.2, -0.15) is 0 Å². The average molecular weight is 400 g/mol. The second kappa shape index (κ2) is 10.1. The summed E-state index contributed by atoms with van der Waals surface area (Å²) in [6, 6.07) is 14.0. The second-order valence-electron chi connectivity index (χ2n) is 6.94. The van der Waals surface area contributed by atoms with E-state index in [1.54, 1.807) is 7.11 Å². The molecule has 2 aromatic rings. The number of benzene rings is 2. The topological polar surface area (TPSA) is 60.3 Å². The first-order valence-electron chi connectivity index (χ1n) is 9.96. The number of piperazine rings is 1. The molecule has 3 rings (SSSR count). The van der Waals surface area contributed by atoms with E-state index in [-0.39, 0.29) is 12.4 Å². The third-order valence-electron chi connectivity index (χ3n) is 5.00. The molecule has 1 unspecified atom stereocenters. The van der Waals surface area contributed by atoms with Crippen LogP contribution < -0.4 is 15.0 Å². The molecule has 7 heteroatoms. The molecule has 1 fully saturated rings. The molecule has 2 N–H and O–H groups in total. The fourth-order valence-electron chi connectivity index (χ4n) is 3.38. The lowest BCUT2D eigenvalue weighted by Crippen LogP contribution is -2.52. The lowest BCUT2D eigenvalue weighted by atomic mass is 10.1. The van der Waals surface area contributed by atoms with Gasteiger partial charge in [0.15, 0.2) is 5.96 Å². The number of aliphatic imine (C=N–C) groups is 1. The van der Waals surface area contributed by atoms with Crippen LogP contribution in [0.25, 0.3) is 0 Å². The molecule has 29 heavy (non-hydrogen) atoms. The van der Waals surface area contributed by atoms with Crippen molar-refractivity contribution in [3.05, 3.63) is 59.9 Å². The molecule has 1 heterocycles. The molecule has 0 saturated carbocycles. The molecule has 0 spiro atoms. The number of hydrogen-bond acceptors (Lipinski definition) is 4. The lowest BCUT2D eigenvalue weighted by molar-refractivity contribution is 0.186. The van der Waals surface area contributed by atoms with Crippen molar-refractivity contribution < 1.29 is 14.2 Å². The highest BCUT2D eigenvalue weighted by Crippen LogP contribution is 2.20. The van der Waals surface area contributed by atoms with Gasteiger partial charge >= 0.3 is 0 Å². The number of nitrogens with zero attached hydrogens (tertiary/aromatic N) is 3. The summed E-state index contributed by atoms with van der Waals surface area (Å²) < 4.78 is 18.4. The average Bonchev–Trinajstić information content (AvgIpc) is 2.77. The van der Waals surface area contributed by atoms with Gasteiger partial charge in [-0.3, -0.25) is 4.99 Å². The maximum Gasteiger partial charge on any atom is 0.194 e. The van der Waals surface area contributed by atoms with Gasteiger partial charge in [0.2, 0.25) is 0 Å². The first-order valence-corrected chi connectivity index (χ1v) is 9.96. The first kappa shape index (κ1) is 20.9. The van der Waals surface area contributed by atoms with E-state index in [0.717, 1.165) is 49.9 Å². The molecule has 1 aliphatic rings. The van der Waals surface area contributed by atoms with Crippen molar-refractivity contribution >= 4 is 11.6 Å². The van der Waals surface area contributed by atoms with Crippen molar-refractivity contribution in [2.24, 2.45) is 4.99 Å². The number of guanidine groups is 1. The van der Waals surface area contributed by atoms with Gasteiger partial charge in [-0.25, -0.2) is 4.39 Å². The fraction of sp³-hybridized carbons (Fsp3) is 0.409. The summed E-state index contributed by atoms with van der Waals surface area (Å²) in [5.41, 5.74) is 1.81. The van der Waals surface area contributed by atoms with Crippen LogP contribution in [0.15, 0.2) is 53.5 Å². The van der Waals surface area contributed by atoms with Gasteiger partial charge in [0, 0.05) is 38.4 Å². The Balaban J connectivity index is 1.61. The molecular formula is C22H29FN4O2. The molecule has 1 atom stereocenters. The number of ether oxygens (including phenoxy) is 1. The van der Waals surface area contributed by atoms with Crippen molar-refractivity contribution in [3.8, 4) is 5.75 Å². The Morgan fingerprint density at radius 2 is 1.90 bits per heavy atom. The van der Waals surface area contributed by atoms with Crippen molar-refractivity contribution in [3.63, 3.8) is 0 Å². The normalized spacial score (nSPS) is 15.9. The van der Waals surface area contributed by atoms with Crippen LogP contribution in [0, 0.1) is 5.82 Å². The van der Waals surface area contributed by atoms with Crippen LogP contribution in [-0.4, -0.2) is 62.3 Å². The summed E-state index contributed by atoms with van der Waals surface area (Å²) in [4.78, 5) is 9.09. The summed E-state index contributed by atoms with van der Waals surface area (Å²) in [5, 5.41) is 13.8. The Morgan fingerprint density at radius 1 is 1.17 bits per heavy atom. The molecule has 1 saturated heterocycles. The minimum atomic E-state index is -0.695. The monoisotopic (exact) mass is 400 g/mol. The summed E-state index contributed by atoms with van der Waals surface area (Å²) >= 11 is 0. The zero-order chi connectivity index (χ0) is 20.6. The van der Waals surface area contributed by atoms with Gasteiger partial charge < -0.3 is 25.0 Å². The van der Waals surface area contributed by atoms with Gasteiger partial charge in [0.25, 0.3) is 0 Å². The van der Waals surface area contributed by atoms with Gasteiger partial charge in [0.1, 0.15) is 11.6 Å². The highest BCUT2D eigenvalue weighted by atomic mass is 19.1. The standard InChI is InChI=1S/C22H29FN4O2/c1-3-24-22(25-16-21(28)17-5-4-6-20(15-17)29-2)27-13-11-26(12-14-27)19-9-7-18(23)8-10-19/h4-10,15,21,28H,3,11-14,16H2,1-2H3,(H,24,25). The Hall–Kier alpha value is -2.80. The fourth-order valence-corrected chi connectivity index (χ4v) is 3.38. The maximum atomic E-state index is 13.1. The molecule has 2 aromatic carbocycles. The number of halogens is 1. The van der Waals surface area contributed by atoms with Crippen molar-refractivity contribution in [1.29, 1.82) is 0 Å². The Bertz CT molecular complexity index is 805. The van der Waals surface area contributed by atoms with E-state index in [1.165, 1.54) is 12.1 Å². The number of aliphatic hydroxyl groups excluding tert-OH is 1. The number of methoxy groups -OCH3 is 1. The van der Waals surface area contributed by atoms with Crippen LogP contribution in [0.4, 0.5) is 10.1 Å². The highest BCUT2D eigenvalue weighted by molar-refractivity contribution is 5.80. The smallest absolute Gasteiger partial charge is 0.194 e.